The maximum Gasteiger partial charge on any atom is 0.430 e. The third kappa shape index (κ3) is 6.64. The number of aromatic nitrogens is 1. The summed E-state index contributed by atoms with van der Waals surface area (Å²) in [4.78, 5) is 40.9. The van der Waals surface area contributed by atoms with Gasteiger partial charge >= 0.3 is 18.3 Å². The van der Waals surface area contributed by atoms with Gasteiger partial charge in [0.15, 0.2) is 10.7 Å². The molecule has 2 aromatic rings. The molecular weight excluding hydrogens is 615 g/mol. The summed E-state index contributed by atoms with van der Waals surface area (Å²) in [5.41, 5.74) is -5.09. The van der Waals surface area contributed by atoms with Crippen molar-refractivity contribution in [3.05, 3.63) is 38.4 Å². The fraction of sp³-hybridized carbons (Fsp3) is 0.478. The van der Waals surface area contributed by atoms with Crippen LogP contribution in [0.5, 0.6) is 0 Å². The lowest BCUT2D eigenvalue weighted by Gasteiger charge is -2.33. The first-order valence-electron chi connectivity index (χ1n) is 11.0. The van der Waals surface area contributed by atoms with Crippen LogP contribution >= 0.6 is 34.5 Å². The Labute approximate surface area is 237 Å². The standard InChI is InChI=1S/C23H23Cl2F6N3O5S/c1-19(2,3)39-17(36)13-14(40-16(34-13)15(35)33-8-20(4,5)18(32)37)9-6-7-10(12(25)11(9)24)21(38,22(26,27)28)23(29,30)31/h6-7,38H,8H2,1-5H3,(H2,32,37)(H,33,35). The van der Waals surface area contributed by atoms with Gasteiger partial charge in [-0.3, -0.25) is 9.59 Å². The van der Waals surface area contributed by atoms with Crippen molar-refractivity contribution < 1.29 is 50.6 Å². The highest BCUT2D eigenvalue weighted by molar-refractivity contribution is 7.17. The average molecular weight is 638 g/mol. The van der Waals surface area contributed by atoms with Crippen molar-refractivity contribution in [3.63, 3.8) is 0 Å². The number of esters is 1. The van der Waals surface area contributed by atoms with Crippen LogP contribution in [0, 0.1) is 5.41 Å². The minimum absolute atomic E-state index is 0.243. The van der Waals surface area contributed by atoms with E-state index in [9.17, 15) is 45.8 Å². The SMILES string of the molecule is CC(C)(C)OC(=O)c1nc(C(=O)NCC(C)(C)C(N)=O)sc1-c1ccc(C(O)(C(F)(F)F)C(F)(F)F)c(Cl)c1Cl. The molecule has 222 valence electrons. The number of aliphatic hydroxyl groups is 1. The number of nitrogens with two attached hydrogens (primary N) is 1. The highest BCUT2D eigenvalue weighted by Crippen LogP contribution is 2.54. The highest BCUT2D eigenvalue weighted by atomic mass is 35.5. The minimum atomic E-state index is -6.24. The van der Waals surface area contributed by atoms with E-state index < -0.39 is 73.1 Å². The topological polar surface area (TPSA) is 132 Å². The van der Waals surface area contributed by atoms with E-state index in [1.165, 1.54) is 34.6 Å². The second-order valence-corrected chi connectivity index (χ2v) is 11.9. The van der Waals surface area contributed by atoms with Gasteiger partial charge in [0.25, 0.3) is 11.5 Å². The van der Waals surface area contributed by atoms with Crippen molar-refractivity contribution >= 4 is 52.3 Å². The van der Waals surface area contributed by atoms with Crippen LogP contribution in [0.2, 0.25) is 10.0 Å². The number of nitrogens with zero attached hydrogens (tertiary/aromatic N) is 1. The number of hydrogen-bond donors (Lipinski definition) is 3. The number of rotatable bonds is 7. The number of carbonyl (C=O) groups is 3. The van der Waals surface area contributed by atoms with Crippen molar-refractivity contribution in [3.8, 4) is 10.4 Å². The first kappa shape index (κ1) is 33.6. The Bertz CT molecular complexity index is 1320. The first-order valence-corrected chi connectivity index (χ1v) is 12.6. The number of primary amides is 1. The zero-order valence-corrected chi connectivity index (χ0v) is 23.7. The van der Waals surface area contributed by atoms with E-state index in [1.807, 2.05) is 0 Å². The summed E-state index contributed by atoms with van der Waals surface area (Å²) < 4.78 is 85.9. The molecule has 0 saturated heterocycles. The van der Waals surface area contributed by atoms with Crippen molar-refractivity contribution in [2.24, 2.45) is 11.1 Å². The normalized spacial score (nSPS) is 13.2. The predicted octanol–water partition coefficient (Wildman–Crippen LogP) is 5.63. The Morgan fingerprint density at radius 1 is 1.00 bits per heavy atom. The van der Waals surface area contributed by atoms with Gasteiger partial charge in [0.05, 0.1) is 20.3 Å². The minimum Gasteiger partial charge on any atom is -0.455 e. The summed E-state index contributed by atoms with van der Waals surface area (Å²) in [6.07, 6.45) is -12.5. The molecule has 0 bridgehead atoms. The van der Waals surface area contributed by atoms with Crippen LogP contribution in [0.1, 0.15) is 60.5 Å². The molecule has 0 fully saturated rings. The van der Waals surface area contributed by atoms with Gasteiger partial charge in [0.1, 0.15) is 5.60 Å². The Morgan fingerprint density at radius 3 is 1.98 bits per heavy atom. The van der Waals surface area contributed by atoms with Crippen LogP contribution in [0.15, 0.2) is 12.1 Å². The summed E-state index contributed by atoms with van der Waals surface area (Å²) in [5.74, 6) is -2.73. The Kier molecular flexibility index (Phi) is 9.23. The number of carbonyl (C=O) groups excluding carboxylic acids is 3. The van der Waals surface area contributed by atoms with Crippen molar-refractivity contribution in [1.29, 1.82) is 0 Å². The molecule has 0 saturated carbocycles. The predicted molar refractivity (Wildman–Crippen MR) is 134 cm³/mol. The van der Waals surface area contributed by atoms with Gasteiger partial charge in [-0.2, -0.15) is 26.3 Å². The van der Waals surface area contributed by atoms with E-state index >= 15 is 0 Å². The molecule has 0 aliphatic heterocycles. The lowest BCUT2D eigenvalue weighted by molar-refractivity contribution is -0.376. The third-order valence-electron chi connectivity index (χ3n) is 5.31. The van der Waals surface area contributed by atoms with Gasteiger partial charge in [-0.25, -0.2) is 9.78 Å². The number of amides is 2. The molecule has 0 unspecified atom stereocenters. The van der Waals surface area contributed by atoms with Crippen LogP contribution in [0.25, 0.3) is 10.4 Å². The number of halogens is 8. The van der Waals surface area contributed by atoms with Crippen molar-refractivity contribution in [2.75, 3.05) is 6.54 Å². The molecule has 4 N–H and O–H groups in total. The average Bonchev–Trinajstić information content (AvgIpc) is 3.21. The summed E-state index contributed by atoms with van der Waals surface area (Å²) >= 11 is 12.4. The molecule has 1 aromatic carbocycles. The molecule has 0 radical (unpaired) electrons. The van der Waals surface area contributed by atoms with E-state index in [0.29, 0.717) is 17.4 Å². The molecule has 8 nitrogen and oxygen atoms in total. The zero-order chi connectivity index (χ0) is 31.2. The fourth-order valence-corrected chi connectivity index (χ4v) is 4.62. The molecule has 2 rings (SSSR count). The number of alkyl halides is 6. The smallest absolute Gasteiger partial charge is 0.430 e. The largest absolute Gasteiger partial charge is 0.455 e. The van der Waals surface area contributed by atoms with Crippen LogP contribution in [0.3, 0.4) is 0 Å². The third-order valence-corrected chi connectivity index (χ3v) is 7.28. The van der Waals surface area contributed by atoms with Crippen LogP contribution in [0.4, 0.5) is 26.3 Å². The maximum absolute atomic E-state index is 13.4. The molecule has 1 heterocycles. The maximum atomic E-state index is 13.4. The van der Waals surface area contributed by atoms with Gasteiger partial charge in [0, 0.05) is 17.7 Å². The lowest BCUT2D eigenvalue weighted by Crippen LogP contribution is -2.54. The molecule has 0 aliphatic rings. The molecule has 0 aliphatic carbocycles. The summed E-state index contributed by atoms with van der Waals surface area (Å²) in [6.45, 7) is 7.16. The molecular formula is C23H23Cl2F6N3O5S. The van der Waals surface area contributed by atoms with E-state index in [0.717, 1.165) is 0 Å². The van der Waals surface area contributed by atoms with E-state index in [1.54, 1.807) is 0 Å². The monoisotopic (exact) mass is 637 g/mol. The Balaban J connectivity index is 2.73. The number of ether oxygens (including phenoxy) is 1. The van der Waals surface area contributed by atoms with E-state index in [4.69, 9.17) is 33.7 Å². The number of benzene rings is 1. The van der Waals surface area contributed by atoms with Gasteiger partial charge < -0.3 is 20.9 Å². The number of hydrogen-bond acceptors (Lipinski definition) is 7. The highest BCUT2D eigenvalue weighted by Gasteiger charge is 2.72. The Hall–Kier alpha value is -2.62. The molecule has 17 heteroatoms. The second kappa shape index (κ2) is 11.0. The number of thiazole rings is 1. The van der Waals surface area contributed by atoms with Gasteiger partial charge in [-0.05, 0) is 34.6 Å². The Morgan fingerprint density at radius 2 is 1.52 bits per heavy atom. The first-order chi connectivity index (χ1) is 17.8. The summed E-state index contributed by atoms with van der Waals surface area (Å²) in [6, 6.07) is 0.906. The summed E-state index contributed by atoms with van der Waals surface area (Å²) in [7, 11) is 0. The molecule has 0 spiro atoms. The van der Waals surface area contributed by atoms with Crippen LogP contribution in [-0.2, 0) is 15.1 Å². The molecule has 0 atom stereocenters. The molecule has 1 aromatic heterocycles. The van der Waals surface area contributed by atoms with Gasteiger partial charge in [-0.15, -0.1) is 11.3 Å². The van der Waals surface area contributed by atoms with Crippen LogP contribution in [-0.4, -0.2) is 52.4 Å². The summed E-state index contributed by atoms with van der Waals surface area (Å²) in [5, 5.41) is 9.57. The van der Waals surface area contributed by atoms with E-state index in [2.05, 4.69) is 10.3 Å². The zero-order valence-electron chi connectivity index (χ0n) is 21.4. The van der Waals surface area contributed by atoms with Crippen molar-refractivity contribution in [1.82, 2.24) is 10.3 Å². The van der Waals surface area contributed by atoms with Gasteiger partial charge in [0.2, 0.25) is 5.91 Å². The van der Waals surface area contributed by atoms with Crippen LogP contribution < -0.4 is 11.1 Å². The van der Waals surface area contributed by atoms with E-state index in [-0.39, 0.29) is 23.1 Å². The second-order valence-electron chi connectivity index (χ2n) is 10.1. The molecule has 40 heavy (non-hydrogen) atoms. The number of nitrogens with one attached hydrogen (secondary N) is 1. The molecule has 2 amide bonds. The van der Waals surface area contributed by atoms with Gasteiger partial charge in [-0.1, -0.05) is 35.3 Å². The lowest BCUT2D eigenvalue weighted by atomic mass is 9.91. The van der Waals surface area contributed by atoms with Crippen molar-refractivity contribution in [2.45, 2.75) is 58.2 Å². The quantitative estimate of drug-likeness (QED) is 0.266. The fourth-order valence-electron chi connectivity index (χ4n) is 3.00.